The van der Waals surface area contributed by atoms with E-state index in [1.165, 1.54) is 5.56 Å². The Morgan fingerprint density at radius 1 is 1.18 bits per heavy atom. The molecule has 0 radical (unpaired) electrons. The fraction of sp³-hybridized carbons (Fsp3) is 0.571. The first-order valence-electron chi connectivity index (χ1n) is 6.34. The Morgan fingerprint density at radius 2 is 1.94 bits per heavy atom. The molecule has 1 rings (SSSR count). The van der Waals surface area contributed by atoms with E-state index in [9.17, 15) is 0 Å². The van der Waals surface area contributed by atoms with Crippen LogP contribution >= 0.6 is 0 Å². The van der Waals surface area contributed by atoms with Crippen molar-refractivity contribution in [3.05, 3.63) is 35.9 Å². The highest BCUT2D eigenvalue weighted by atomic mass is 16.5. The zero-order chi connectivity index (χ0) is 12.3. The van der Waals surface area contributed by atoms with Crippen molar-refractivity contribution in [2.24, 2.45) is 0 Å². The van der Waals surface area contributed by atoms with Crippen molar-refractivity contribution in [2.75, 3.05) is 39.8 Å². The van der Waals surface area contributed by atoms with Crippen molar-refractivity contribution in [2.45, 2.75) is 13.5 Å². The van der Waals surface area contributed by atoms with E-state index in [1.54, 1.807) is 0 Å². The lowest BCUT2D eigenvalue weighted by Gasteiger charge is -2.16. The molecule has 3 nitrogen and oxygen atoms in total. The summed E-state index contributed by atoms with van der Waals surface area (Å²) in [5.41, 5.74) is 1.24. The lowest BCUT2D eigenvalue weighted by atomic mass is 10.2. The smallest absolute Gasteiger partial charge is 0.0717 e. The van der Waals surface area contributed by atoms with Gasteiger partial charge < -0.3 is 15.0 Å². The van der Waals surface area contributed by atoms with Crippen LogP contribution in [0, 0.1) is 0 Å². The van der Waals surface area contributed by atoms with Crippen molar-refractivity contribution in [1.29, 1.82) is 0 Å². The van der Waals surface area contributed by atoms with Gasteiger partial charge in [-0.2, -0.15) is 0 Å². The second-order valence-electron chi connectivity index (χ2n) is 4.20. The molecule has 96 valence electrons. The summed E-state index contributed by atoms with van der Waals surface area (Å²) in [5.74, 6) is 0. The second kappa shape index (κ2) is 9.16. The molecule has 0 saturated carbocycles. The van der Waals surface area contributed by atoms with Crippen molar-refractivity contribution < 1.29 is 4.74 Å². The molecule has 1 aromatic carbocycles. The molecule has 0 aliphatic heterocycles. The number of nitrogens with zero attached hydrogens (tertiary/aromatic N) is 1. The molecule has 1 aromatic rings. The number of ether oxygens (including phenoxy) is 1. The van der Waals surface area contributed by atoms with Crippen LogP contribution in [0.3, 0.4) is 0 Å². The third kappa shape index (κ3) is 7.10. The lowest BCUT2D eigenvalue weighted by Crippen LogP contribution is -2.31. The van der Waals surface area contributed by atoms with Crippen LogP contribution in [0.5, 0.6) is 0 Å². The highest BCUT2D eigenvalue weighted by Gasteiger charge is 1.97. The highest BCUT2D eigenvalue weighted by molar-refractivity contribution is 5.13. The summed E-state index contributed by atoms with van der Waals surface area (Å²) in [5, 5.41) is 3.31. The van der Waals surface area contributed by atoms with Crippen molar-refractivity contribution in [1.82, 2.24) is 10.2 Å². The third-order valence-electron chi connectivity index (χ3n) is 2.65. The van der Waals surface area contributed by atoms with Crippen LogP contribution in [0.1, 0.15) is 12.5 Å². The Labute approximate surface area is 105 Å². The van der Waals surface area contributed by atoms with Crippen LogP contribution in [-0.4, -0.2) is 44.7 Å². The maximum absolute atomic E-state index is 5.63. The van der Waals surface area contributed by atoms with Crippen LogP contribution in [-0.2, 0) is 11.3 Å². The van der Waals surface area contributed by atoms with Gasteiger partial charge in [-0.3, -0.25) is 0 Å². The Balaban J connectivity index is 2.00. The monoisotopic (exact) mass is 236 g/mol. The minimum absolute atomic E-state index is 0.710. The van der Waals surface area contributed by atoms with Crippen molar-refractivity contribution in [3.63, 3.8) is 0 Å². The summed E-state index contributed by atoms with van der Waals surface area (Å²) in [4.78, 5) is 2.29. The van der Waals surface area contributed by atoms with Gasteiger partial charge in [-0.25, -0.2) is 0 Å². The van der Waals surface area contributed by atoms with Crippen molar-refractivity contribution in [3.8, 4) is 0 Å². The second-order valence-corrected chi connectivity index (χ2v) is 4.20. The summed E-state index contributed by atoms with van der Waals surface area (Å²) in [6, 6.07) is 10.3. The average Bonchev–Trinajstić information content (AvgIpc) is 2.36. The van der Waals surface area contributed by atoms with E-state index >= 15 is 0 Å². The molecule has 0 spiro atoms. The van der Waals surface area contributed by atoms with Gasteiger partial charge in [0.15, 0.2) is 0 Å². The standard InChI is InChI=1S/C14H24N2O/c1-3-15-9-10-16(2)11-12-17-13-14-7-5-4-6-8-14/h4-8,15H,3,9-13H2,1-2H3. The number of hydrogen-bond acceptors (Lipinski definition) is 3. The maximum atomic E-state index is 5.63. The predicted octanol–water partition coefficient (Wildman–Crippen LogP) is 1.74. The summed E-state index contributed by atoms with van der Waals surface area (Å²) < 4.78 is 5.63. The molecule has 0 aliphatic carbocycles. The molecular weight excluding hydrogens is 212 g/mol. The Kier molecular flexibility index (Phi) is 7.63. The fourth-order valence-electron chi connectivity index (χ4n) is 1.54. The molecule has 0 unspecified atom stereocenters. The van der Waals surface area contributed by atoms with Gasteiger partial charge in [0.25, 0.3) is 0 Å². The molecule has 0 heterocycles. The van der Waals surface area contributed by atoms with Gasteiger partial charge in [0.2, 0.25) is 0 Å². The van der Waals surface area contributed by atoms with Gasteiger partial charge >= 0.3 is 0 Å². The van der Waals surface area contributed by atoms with E-state index in [4.69, 9.17) is 4.74 Å². The first-order valence-corrected chi connectivity index (χ1v) is 6.34. The van der Waals surface area contributed by atoms with Gasteiger partial charge in [0.1, 0.15) is 0 Å². The Morgan fingerprint density at radius 3 is 2.65 bits per heavy atom. The van der Waals surface area contributed by atoms with Gasteiger partial charge in [0.05, 0.1) is 13.2 Å². The zero-order valence-electron chi connectivity index (χ0n) is 11.0. The minimum atomic E-state index is 0.710. The van der Waals surface area contributed by atoms with Crippen LogP contribution < -0.4 is 5.32 Å². The normalized spacial score (nSPS) is 11.0. The molecule has 0 atom stereocenters. The van der Waals surface area contributed by atoms with E-state index < -0.39 is 0 Å². The van der Waals surface area contributed by atoms with Gasteiger partial charge in [0, 0.05) is 19.6 Å². The topological polar surface area (TPSA) is 24.5 Å². The van der Waals surface area contributed by atoms with Crippen LogP contribution in [0.4, 0.5) is 0 Å². The van der Waals surface area contributed by atoms with Crippen LogP contribution in [0.25, 0.3) is 0 Å². The van der Waals surface area contributed by atoms with Crippen LogP contribution in [0.15, 0.2) is 30.3 Å². The highest BCUT2D eigenvalue weighted by Crippen LogP contribution is 2.00. The van der Waals surface area contributed by atoms with E-state index in [0.29, 0.717) is 6.61 Å². The Bertz CT molecular complexity index is 277. The number of likely N-dealkylation sites (N-methyl/N-ethyl adjacent to an activating group) is 2. The third-order valence-corrected chi connectivity index (χ3v) is 2.65. The van der Waals surface area contributed by atoms with Gasteiger partial charge in [-0.1, -0.05) is 37.3 Å². The minimum Gasteiger partial charge on any atom is -0.375 e. The van der Waals surface area contributed by atoms with E-state index in [2.05, 4.69) is 36.3 Å². The van der Waals surface area contributed by atoms with Crippen molar-refractivity contribution >= 4 is 0 Å². The molecule has 0 saturated heterocycles. The number of rotatable bonds is 9. The molecule has 0 aliphatic rings. The molecule has 0 aromatic heterocycles. The van der Waals surface area contributed by atoms with Gasteiger partial charge in [-0.15, -0.1) is 0 Å². The molecule has 1 N–H and O–H groups in total. The molecular formula is C14H24N2O. The van der Waals surface area contributed by atoms with E-state index in [1.807, 2.05) is 18.2 Å². The summed E-state index contributed by atoms with van der Waals surface area (Å²) in [6.07, 6.45) is 0. The van der Waals surface area contributed by atoms with Gasteiger partial charge in [-0.05, 0) is 19.2 Å². The lowest BCUT2D eigenvalue weighted by molar-refractivity contribution is 0.0999. The first kappa shape index (κ1) is 14.2. The predicted molar refractivity (Wildman–Crippen MR) is 72.1 cm³/mol. The average molecular weight is 236 g/mol. The summed E-state index contributed by atoms with van der Waals surface area (Å²) in [6.45, 7) is 7.77. The fourth-order valence-corrected chi connectivity index (χ4v) is 1.54. The summed E-state index contributed by atoms with van der Waals surface area (Å²) >= 11 is 0. The number of hydrogen-bond donors (Lipinski definition) is 1. The summed E-state index contributed by atoms with van der Waals surface area (Å²) in [7, 11) is 2.13. The molecule has 17 heavy (non-hydrogen) atoms. The first-order chi connectivity index (χ1) is 8.33. The number of benzene rings is 1. The number of nitrogens with one attached hydrogen (secondary N) is 1. The largest absolute Gasteiger partial charge is 0.375 e. The SMILES string of the molecule is CCNCCN(C)CCOCc1ccccc1. The Hall–Kier alpha value is -0.900. The maximum Gasteiger partial charge on any atom is 0.0717 e. The quantitative estimate of drug-likeness (QED) is 0.661. The van der Waals surface area contributed by atoms with E-state index in [0.717, 1.165) is 32.8 Å². The van der Waals surface area contributed by atoms with Crippen LogP contribution in [0.2, 0.25) is 0 Å². The molecule has 0 amide bonds. The zero-order valence-corrected chi connectivity index (χ0v) is 11.0. The molecule has 3 heteroatoms. The van der Waals surface area contributed by atoms with E-state index in [-0.39, 0.29) is 0 Å². The molecule has 0 fully saturated rings. The molecule has 0 bridgehead atoms.